The Morgan fingerprint density at radius 2 is 0.411 bits per heavy atom. The molecule has 0 heterocycles. The van der Waals surface area contributed by atoms with E-state index in [4.69, 9.17) is 68.1 Å². The Morgan fingerprint density at radius 3 is 0.582 bits per heavy atom. The summed E-state index contributed by atoms with van der Waals surface area (Å²) in [5.74, 6) is 17.3. The van der Waals surface area contributed by atoms with E-state index in [1.807, 2.05) is 0 Å². The maximum atomic E-state index is 4.93. The zero-order valence-corrected chi connectivity index (χ0v) is 119. The Morgan fingerprint density at radius 1 is 0.247 bits per heavy atom. The monoisotopic (exact) mass is 2520 g/mol. The van der Waals surface area contributed by atoms with E-state index in [1.165, 1.54) is 114 Å². The average Bonchev–Trinajstić information content (AvgIpc) is 1.53. The van der Waals surface area contributed by atoms with Crippen molar-refractivity contribution in [2.45, 2.75) is 327 Å². The summed E-state index contributed by atoms with van der Waals surface area (Å²) in [7, 11) is 34.7. The Labute approximate surface area is 986 Å². The molecule has 0 aliphatic heterocycles. The molecule has 24 unspecified atom stereocenters. The topological polar surface area (TPSA) is 0 Å². The third kappa shape index (κ3) is 34.8. The average molecular weight is 2540 g/mol. The van der Waals surface area contributed by atoms with Crippen LogP contribution in [0.4, 0.5) is 0 Å². The van der Waals surface area contributed by atoms with Crippen LogP contribution in [0.5, 0.6) is 0 Å². The zero-order valence-electron chi connectivity index (χ0n) is 99.2. The van der Waals surface area contributed by atoms with Crippen molar-refractivity contribution in [3.8, 4) is 0 Å². The molecular formula is C130H212Cl8Si4Zr4. The predicted molar refractivity (Wildman–Crippen MR) is 666 cm³/mol. The van der Waals surface area contributed by atoms with Crippen molar-refractivity contribution < 1.29 is 83.4 Å². The van der Waals surface area contributed by atoms with E-state index in [0.29, 0.717) is 128 Å². The van der Waals surface area contributed by atoms with Crippen LogP contribution in [0, 0.1) is 245 Å². The molecule has 820 valence electrons. The Bertz CT molecular complexity index is 4360. The van der Waals surface area contributed by atoms with Gasteiger partial charge in [-0.3, -0.25) is 0 Å². The summed E-state index contributed by atoms with van der Waals surface area (Å²) in [6.45, 7) is 87.0. The van der Waals surface area contributed by atoms with Crippen LogP contribution in [0.2, 0.25) is 98.7 Å². The molecule has 0 nitrogen and oxygen atoms in total. The molecule has 0 spiro atoms. The fourth-order valence-corrected chi connectivity index (χ4v) is 43.7. The van der Waals surface area contributed by atoms with Gasteiger partial charge in [-0.2, -0.15) is 0 Å². The Hall–Kier alpha value is 1.52. The molecule has 8 saturated carbocycles. The molecule has 8 fully saturated rings. The molecule has 146 heavy (non-hydrogen) atoms. The van der Waals surface area contributed by atoms with Crippen LogP contribution in [0.15, 0.2) is 243 Å². The normalized spacial score (nSPS) is 32.3. The van der Waals surface area contributed by atoms with Gasteiger partial charge in [0.15, 0.2) is 0 Å². The Balaban J connectivity index is 0.000000925. The quantitative estimate of drug-likeness (QED) is 0.0576. The van der Waals surface area contributed by atoms with Gasteiger partial charge in [0.05, 0.1) is 32.3 Å². The summed E-state index contributed by atoms with van der Waals surface area (Å²) in [6, 6.07) is 5.39. The molecule has 16 aliphatic carbocycles. The number of hydrogen-bond donors (Lipinski definition) is 0. The molecule has 16 rings (SSSR count). The first-order valence-electron chi connectivity index (χ1n) is 53.8. The molecule has 0 aromatic rings. The summed E-state index contributed by atoms with van der Waals surface area (Å²) in [5, 5.41) is 0. The van der Waals surface area contributed by atoms with Gasteiger partial charge in [0.1, 0.15) is 0 Å². The van der Waals surface area contributed by atoms with E-state index in [9.17, 15) is 0 Å². The summed E-state index contributed by atoms with van der Waals surface area (Å²) in [5.41, 5.74) is 12.5. The summed E-state index contributed by atoms with van der Waals surface area (Å²) in [4.78, 5) is 0. The third-order valence-corrected chi connectivity index (χ3v) is 56.6. The number of fused-ring (bicyclic) bond motifs is 12. The fraction of sp³-hybridized carbons (Fsp3) is 0.631. The predicted octanol–water partition coefficient (Wildman–Crippen LogP) is 45.2. The molecule has 0 amide bonds. The SMILES string of the molecule is C=CCC[Si](C)(C)C1CCC(C(C)(C)C2C3C=C(C(C)(C)C)C=CC3C3C=CC(C(C)(C)C)=CC32)C1.C=CCC[Si](C)(C)C1CCC(C(C)(C)C2C3C=CC=CC3C3C=CC=CC32)C1.C=CC[Si](C)(C)C1CCC(C(C)(C)C2C3C=C(C(C)(C)C)C=CC3C3C=CC(C(C)(C)C)=CC32)C1.C=CC[Si](C)(C)C1CCC(C(C)(C)C2C3C=CC=CC3C3C=CC=CC32)C1.[CH3-].[CH3-].[CH3-].[CH3-].[CH3-].[CH3-].[CH3-].[CH3-].[Cl][Zr+2][Cl].[Cl][Zr+2][Cl].[Cl][Zr+2][Cl].[Cl][Zr+2][Cl]. The molecule has 24 atom stereocenters. The minimum atomic E-state index is -1.24. The summed E-state index contributed by atoms with van der Waals surface area (Å²) < 4.78 is 0. The van der Waals surface area contributed by atoms with Gasteiger partial charge in [-0.05, 0) is 306 Å². The van der Waals surface area contributed by atoms with Crippen molar-refractivity contribution in [3.63, 3.8) is 0 Å². The molecule has 0 saturated heterocycles. The zero-order chi connectivity index (χ0) is 103. The first-order chi connectivity index (χ1) is 64.5. The van der Waals surface area contributed by atoms with E-state index in [0.717, 1.165) is 57.7 Å². The standard InChI is InChI=1S/C35H56Si.C34H54Si.C27H40Si.C26H38Si.8CH3.8ClH.4Zr/c1-12-13-20-36(10,11)27-17-14-26(21-27)35(8,9)32-30-22-24(33(2,3)4)15-18-28(30)29-19-16-25(23-31(29)32)34(5,6)7;1-12-19-35(10,11)26-16-13-25(20-26)34(8,9)31-29-21-23(32(2,3)4)14-17-27(29)28-18-15-24(22-30(28)31)33(5,6)7;1-6-7-18-28(4,5)21-17-16-20(19-21)27(2,3)26-24-14-10-8-12-22(24)23-13-9-11-15-25(23)26;1-6-17-27(4,5)20-16-15-19(18-20)26(2,3)25-23-13-9-7-11-21(23)22-12-8-10-14-24(22)25;;;;;;;;;;;;;;;;;;;;/h12,15-16,18-19,22-23,26-32H,1,13-14,17,20-21H2,2-11H3;12,14-15,17-18,21-22,25-31H,1,13,16,19-20H2,2-11H3;6,8-15,20-26H,1,7,16-19H2,2-5H3;6-14,19-25H,1,15-18H2,2-5H3;8*1H3;8*1H;;;;/q;;;;8*-1;;;;;;;;;4*+4/p-8. The van der Waals surface area contributed by atoms with Crippen LogP contribution >= 0.6 is 68.1 Å². The van der Waals surface area contributed by atoms with Gasteiger partial charge in [0.25, 0.3) is 0 Å². The summed E-state index contributed by atoms with van der Waals surface area (Å²) >= 11 is -3.30. The van der Waals surface area contributed by atoms with Crippen LogP contribution in [-0.4, -0.2) is 32.3 Å². The molecule has 0 radical (unpaired) electrons. The van der Waals surface area contributed by atoms with Crippen LogP contribution in [-0.2, 0) is 83.4 Å². The van der Waals surface area contributed by atoms with Crippen LogP contribution in [0.1, 0.15) is 228 Å². The number of rotatable bonds is 22. The van der Waals surface area contributed by atoms with Crippen LogP contribution in [0.3, 0.4) is 0 Å². The van der Waals surface area contributed by atoms with Crippen LogP contribution < -0.4 is 0 Å². The van der Waals surface area contributed by atoms with E-state index in [1.54, 1.807) is 22.3 Å². The second-order valence-electron chi connectivity index (χ2n) is 54.3. The fourth-order valence-electron chi connectivity index (χ4n) is 31.3. The van der Waals surface area contributed by atoms with E-state index in [-0.39, 0.29) is 81.1 Å². The van der Waals surface area contributed by atoms with Crippen LogP contribution in [0.25, 0.3) is 0 Å². The van der Waals surface area contributed by atoms with Gasteiger partial charge >= 0.3 is 151 Å². The van der Waals surface area contributed by atoms with Crippen molar-refractivity contribution >= 4 is 100 Å². The Kier molecular flexibility index (Phi) is 61.9. The van der Waals surface area contributed by atoms with Gasteiger partial charge in [0.2, 0.25) is 0 Å². The molecule has 16 aliphatic rings. The van der Waals surface area contributed by atoms with E-state index < -0.39 is 116 Å². The van der Waals surface area contributed by atoms with Crippen molar-refractivity contribution in [2.75, 3.05) is 0 Å². The van der Waals surface area contributed by atoms with Gasteiger partial charge in [-0.25, -0.2) is 0 Å². The number of halogens is 8. The van der Waals surface area contributed by atoms with Crippen molar-refractivity contribution in [1.29, 1.82) is 0 Å². The van der Waals surface area contributed by atoms with Gasteiger partial charge in [-0.1, -0.05) is 423 Å². The maximum absolute atomic E-state index is 4.93. The van der Waals surface area contributed by atoms with Gasteiger partial charge < -0.3 is 59.4 Å². The van der Waals surface area contributed by atoms with Gasteiger partial charge in [-0.15, -0.1) is 26.3 Å². The molecule has 0 aromatic heterocycles. The van der Waals surface area contributed by atoms with Crippen molar-refractivity contribution in [3.05, 3.63) is 302 Å². The second-order valence-corrected chi connectivity index (χ2v) is 90.3. The number of allylic oxidation sites excluding steroid dienone is 36. The van der Waals surface area contributed by atoms with Gasteiger partial charge in [0, 0.05) is 0 Å². The van der Waals surface area contributed by atoms with E-state index >= 15 is 0 Å². The minimum absolute atomic E-state index is 0. The number of hydrogen-bond acceptors (Lipinski definition) is 0. The molecule has 0 bridgehead atoms. The first kappa shape index (κ1) is 146. The third-order valence-electron chi connectivity index (χ3n) is 39.8. The molecule has 0 aromatic carbocycles. The van der Waals surface area contributed by atoms with Crippen molar-refractivity contribution in [2.24, 2.45) is 185 Å². The molecule has 0 N–H and O–H groups in total. The molecule has 16 heteroatoms. The second kappa shape index (κ2) is 62.1. The first-order valence-corrected chi connectivity index (χ1v) is 92.3. The molecular weight excluding hydrogens is 2320 g/mol. The summed E-state index contributed by atoms with van der Waals surface area (Å²) in [6.07, 6.45) is 98.4. The van der Waals surface area contributed by atoms with Crippen molar-refractivity contribution in [1.82, 2.24) is 0 Å². The van der Waals surface area contributed by atoms with E-state index in [2.05, 4.69) is 412 Å².